The molecular formula is C15H26N4O. The summed E-state index contributed by atoms with van der Waals surface area (Å²) in [6, 6.07) is 0.786. The zero-order valence-corrected chi connectivity index (χ0v) is 13.2. The van der Waals surface area contributed by atoms with E-state index in [1.165, 1.54) is 0 Å². The van der Waals surface area contributed by atoms with E-state index in [9.17, 15) is 0 Å². The van der Waals surface area contributed by atoms with Crippen molar-refractivity contribution in [2.75, 3.05) is 31.6 Å². The van der Waals surface area contributed by atoms with Crippen LogP contribution in [-0.2, 0) is 4.74 Å². The van der Waals surface area contributed by atoms with Gasteiger partial charge in [-0.25, -0.2) is 9.97 Å². The molecule has 2 atom stereocenters. The Bertz CT molecular complexity index is 457. The van der Waals surface area contributed by atoms with Crippen molar-refractivity contribution in [1.82, 2.24) is 14.9 Å². The lowest BCUT2D eigenvalue weighted by Gasteiger charge is -2.36. The first-order valence-electron chi connectivity index (χ1n) is 7.39. The number of hydrogen-bond donors (Lipinski definition) is 1. The summed E-state index contributed by atoms with van der Waals surface area (Å²) in [5.74, 6) is 1.78. The molecule has 1 aromatic rings. The van der Waals surface area contributed by atoms with E-state index in [1.54, 1.807) is 0 Å². The molecule has 0 amide bonds. The summed E-state index contributed by atoms with van der Waals surface area (Å²) in [6.07, 6.45) is 0. The Hall–Kier alpha value is -1.20. The van der Waals surface area contributed by atoms with E-state index in [2.05, 4.69) is 41.0 Å². The Morgan fingerprint density at radius 3 is 2.40 bits per heavy atom. The second-order valence-electron chi connectivity index (χ2n) is 5.65. The predicted molar refractivity (Wildman–Crippen MR) is 81.2 cm³/mol. The molecule has 1 fully saturated rings. The lowest BCUT2D eigenvalue weighted by molar-refractivity contribution is 0.0175. The van der Waals surface area contributed by atoms with Gasteiger partial charge in [-0.3, -0.25) is 4.90 Å². The van der Waals surface area contributed by atoms with E-state index >= 15 is 0 Å². The van der Waals surface area contributed by atoms with Crippen LogP contribution in [0, 0.1) is 20.8 Å². The summed E-state index contributed by atoms with van der Waals surface area (Å²) >= 11 is 0. The number of aromatic nitrogens is 2. The van der Waals surface area contributed by atoms with Crippen molar-refractivity contribution in [1.29, 1.82) is 0 Å². The number of aryl methyl sites for hydroxylation is 2. The Morgan fingerprint density at radius 2 is 1.75 bits per heavy atom. The van der Waals surface area contributed by atoms with Crippen LogP contribution in [0.4, 0.5) is 5.82 Å². The van der Waals surface area contributed by atoms with Gasteiger partial charge in [-0.15, -0.1) is 0 Å². The highest BCUT2D eigenvalue weighted by Crippen LogP contribution is 2.18. The van der Waals surface area contributed by atoms with Crippen LogP contribution in [0.25, 0.3) is 0 Å². The maximum absolute atomic E-state index is 5.42. The largest absolute Gasteiger partial charge is 0.379 e. The lowest BCUT2D eigenvalue weighted by atomic mass is 10.1. The SMILES string of the molecule is Cc1nc(C)c(C)c(NC(C)C(C)N2CCOCC2)n1. The molecule has 1 N–H and O–H groups in total. The molecule has 0 aliphatic carbocycles. The van der Waals surface area contributed by atoms with Crippen LogP contribution < -0.4 is 5.32 Å². The van der Waals surface area contributed by atoms with Gasteiger partial charge in [0.05, 0.1) is 13.2 Å². The van der Waals surface area contributed by atoms with Crippen molar-refractivity contribution in [2.24, 2.45) is 0 Å². The van der Waals surface area contributed by atoms with Crippen molar-refractivity contribution in [2.45, 2.75) is 46.7 Å². The predicted octanol–water partition coefficient (Wildman–Crippen LogP) is 1.92. The molecule has 0 saturated carbocycles. The number of ether oxygens (including phenoxy) is 1. The van der Waals surface area contributed by atoms with E-state index in [0.29, 0.717) is 12.1 Å². The molecular weight excluding hydrogens is 252 g/mol. The number of anilines is 1. The molecule has 0 aromatic carbocycles. The van der Waals surface area contributed by atoms with Crippen LogP contribution >= 0.6 is 0 Å². The molecule has 20 heavy (non-hydrogen) atoms. The van der Waals surface area contributed by atoms with Crippen molar-refractivity contribution in [3.8, 4) is 0 Å². The van der Waals surface area contributed by atoms with Gasteiger partial charge in [-0.05, 0) is 34.6 Å². The number of hydrogen-bond acceptors (Lipinski definition) is 5. The molecule has 1 aliphatic rings. The average Bonchev–Trinajstić information content (AvgIpc) is 2.44. The highest BCUT2D eigenvalue weighted by molar-refractivity contribution is 5.46. The van der Waals surface area contributed by atoms with E-state index in [4.69, 9.17) is 4.74 Å². The molecule has 2 rings (SSSR count). The standard InChI is InChI=1S/C15H26N4O/c1-10-11(2)16-14(5)18-15(10)17-12(3)13(4)19-6-8-20-9-7-19/h12-13H,6-9H2,1-5H3,(H,16,17,18). The van der Waals surface area contributed by atoms with Crippen molar-refractivity contribution >= 4 is 5.82 Å². The van der Waals surface area contributed by atoms with Gasteiger partial charge in [0, 0.05) is 36.4 Å². The highest BCUT2D eigenvalue weighted by atomic mass is 16.5. The third kappa shape index (κ3) is 3.46. The summed E-state index contributed by atoms with van der Waals surface area (Å²) in [6.45, 7) is 14.2. The van der Waals surface area contributed by atoms with E-state index in [-0.39, 0.29) is 0 Å². The van der Waals surface area contributed by atoms with Gasteiger partial charge in [0.25, 0.3) is 0 Å². The Morgan fingerprint density at radius 1 is 1.10 bits per heavy atom. The average molecular weight is 278 g/mol. The van der Waals surface area contributed by atoms with Crippen LogP contribution in [-0.4, -0.2) is 53.3 Å². The smallest absolute Gasteiger partial charge is 0.133 e. The highest BCUT2D eigenvalue weighted by Gasteiger charge is 2.22. The third-order valence-electron chi connectivity index (χ3n) is 4.21. The molecule has 5 heteroatoms. The van der Waals surface area contributed by atoms with Gasteiger partial charge >= 0.3 is 0 Å². The fourth-order valence-electron chi connectivity index (χ4n) is 2.55. The molecule has 1 aliphatic heterocycles. The maximum atomic E-state index is 5.42. The van der Waals surface area contributed by atoms with Gasteiger partial charge < -0.3 is 10.1 Å². The first kappa shape index (κ1) is 15.2. The summed E-state index contributed by atoms with van der Waals surface area (Å²) in [7, 11) is 0. The molecule has 0 spiro atoms. The third-order valence-corrected chi connectivity index (χ3v) is 4.21. The number of rotatable bonds is 4. The summed E-state index contributed by atoms with van der Waals surface area (Å²) in [5.41, 5.74) is 2.18. The maximum Gasteiger partial charge on any atom is 0.133 e. The second-order valence-corrected chi connectivity index (χ2v) is 5.65. The minimum atomic E-state index is 0.334. The molecule has 5 nitrogen and oxygen atoms in total. The van der Waals surface area contributed by atoms with Crippen LogP contribution in [0.3, 0.4) is 0 Å². The number of morpholine rings is 1. The van der Waals surface area contributed by atoms with Crippen LogP contribution in [0.15, 0.2) is 0 Å². The Labute approximate surface area is 121 Å². The quantitative estimate of drug-likeness (QED) is 0.912. The van der Waals surface area contributed by atoms with Crippen LogP contribution in [0.1, 0.15) is 30.9 Å². The molecule has 1 saturated heterocycles. The minimum Gasteiger partial charge on any atom is -0.379 e. The van der Waals surface area contributed by atoms with Crippen molar-refractivity contribution < 1.29 is 4.74 Å². The molecule has 2 unspecified atom stereocenters. The summed E-state index contributed by atoms with van der Waals surface area (Å²) < 4.78 is 5.42. The van der Waals surface area contributed by atoms with E-state index in [0.717, 1.165) is 49.2 Å². The molecule has 112 valence electrons. The first-order valence-corrected chi connectivity index (χ1v) is 7.39. The topological polar surface area (TPSA) is 50.3 Å². The van der Waals surface area contributed by atoms with Crippen molar-refractivity contribution in [3.63, 3.8) is 0 Å². The van der Waals surface area contributed by atoms with Gasteiger partial charge in [0.1, 0.15) is 11.6 Å². The molecule has 0 bridgehead atoms. The number of nitrogens with one attached hydrogen (secondary N) is 1. The number of nitrogens with zero attached hydrogens (tertiary/aromatic N) is 3. The normalized spacial score (nSPS) is 19.6. The van der Waals surface area contributed by atoms with Crippen LogP contribution in [0.5, 0.6) is 0 Å². The van der Waals surface area contributed by atoms with Gasteiger partial charge in [0.15, 0.2) is 0 Å². The van der Waals surface area contributed by atoms with Gasteiger partial charge in [-0.2, -0.15) is 0 Å². The first-order chi connectivity index (χ1) is 9.49. The van der Waals surface area contributed by atoms with Gasteiger partial charge in [-0.1, -0.05) is 0 Å². The Kier molecular flexibility index (Phi) is 4.94. The Balaban J connectivity index is 2.05. The zero-order chi connectivity index (χ0) is 14.7. The molecule has 2 heterocycles. The van der Waals surface area contributed by atoms with Crippen LogP contribution in [0.2, 0.25) is 0 Å². The van der Waals surface area contributed by atoms with E-state index < -0.39 is 0 Å². The van der Waals surface area contributed by atoms with E-state index in [1.807, 2.05) is 13.8 Å². The van der Waals surface area contributed by atoms with Gasteiger partial charge in [0.2, 0.25) is 0 Å². The monoisotopic (exact) mass is 278 g/mol. The summed E-state index contributed by atoms with van der Waals surface area (Å²) in [5, 5.41) is 3.56. The lowest BCUT2D eigenvalue weighted by Crippen LogP contribution is -2.48. The fraction of sp³-hybridized carbons (Fsp3) is 0.733. The fourth-order valence-corrected chi connectivity index (χ4v) is 2.55. The summed E-state index contributed by atoms with van der Waals surface area (Å²) in [4.78, 5) is 11.4. The minimum absolute atomic E-state index is 0.334. The molecule has 0 radical (unpaired) electrons. The molecule has 1 aromatic heterocycles. The zero-order valence-electron chi connectivity index (χ0n) is 13.2. The van der Waals surface area contributed by atoms with Crippen molar-refractivity contribution in [3.05, 3.63) is 17.1 Å². The second kappa shape index (κ2) is 6.50.